The molecule has 1 aromatic carbocycles. The minimum Gasteiger partial charge on any atom is -0.497 e. The third-order valence-electron chi connectivity index (χ3n) is 4.67. The van der Waals surface area contributed by atoms with Crippen LogP contribution in [0.4, 0.5) is 0 Å². The Morgan fingerprint density at radius 3 is 2.08 bits per heavy atom. The van der Waals surface area contributed by atoms with Gasteiger partial charge in [0.15, 0.2) is 18.2 Å². The van der Waals surface area contributed by atoms with Crippen LogP contribution in [0.15, 0.2) is 29.3 Å². The third kappa shape index (κ3) is 8.81. The highest BCUT2D eigenvalue weighted by Crippen LogP contribution is 2.33. The van der Waals surface area contributed by atoms with Gasteiger partial charge in [-0.05, 0) is 29.8 Å². The normalized spacial score (nSPS) is 24.0. The number of aliphatic imine (C=N–C) groups is 1. The van der Waals surface area contributed by atoms with Crippen LogP contribution in [0.1, 0.15) is 26.3 Å². The van der Waals surface area contributed by atoms with E-state index in [1.165, 1.54) is 20.2 Å². The summed E-state index contributed by atoms with van der Waals surface area (Å²) in [4.78, 5) is 39.7. The molecule has 0 radical (unpaired) electrons. The fourth-order valence-corrected chi connectivity index (χ4v) is 3.32. The Morgan fingerprint density at radius 2 is 1.58 bits per heavy atom. The predicted molar refractivity (Wildman–Crippen MR) is 130 cm³/mol. The number of esters is 3. The molecule has 1 aliphatic heterocycles. The van der Waals surface area contributed by atoms with Gasteiger partial charge < -0.3 is 28.4 Å². The van der Waals surface area contributed by atoms with Crippen LogP contribution in [0.5, 0.6) is 5.75 Å². The first-order valence-corrected chi connectivity index (χ1v) is 11.6. The summed E-state index contributed by atoms with van der Waals surface area (Å²) >= 11 is 17.3. The zero-order valence-corrected chi connectivity index (χ0v) is 22.0. The highest BCUT2D eigenvalue weighted by molar-refractivity contribution is 6.76. The van der Waals surface area contributed by atoms with Gasteiger partial charge in [0.2, 0.25) is 12.2 Å². The maximum Gasteiger partial charge on any atom is 0.303 e. The molecular weight excluding hydrogens is 543 g/mol. The second-order valence-corrected chi connectivity index (χ2v) is 9.76. The summed E-state index contributed by atoms with van der Waals surface area (Å²) in [5.41, 5.74) is 0.624. The molecule has 1 fully saturated rings. The lowest BCUT2D eigenvalue weighted by Gasteiger charge is -2.43. The summed E-state index contributed by atoms with van der Waals surface area (Å²) in [7, 11) is 1.52. The summed E-state index contributed by atoms with van der Waals surface area (Å²) < 4.78 is 30.0. The van der Waals surface area contributed by atoms with Crippen molar-refractivity contribution in [3.63, 3.8) is 0 Å². The molecule has 11 nitrogen and oxygen atoms in total. The van der Waals surface area contributed by atoms with Gasteiger partial charge in [-0.3, -0.25) is 24.8 Å². The Balaban J connectivity index is 2.52. The van der Waals surface area contributed by atoms with E-state index in [9.17, 15) is 14.4 Å². The number of benzene rings is 1. The average molecular weight is 568 g/mol. The number of hydrogen-bond acceptors (Lipinski definition) is 11. The summed E-state index contributed by atoms with van der Waals surface area (Å²) in [6, 6.07) is 5.61. The third-order valence-corrected chi connectivity index (χ3v) is 5.19. The fourth-order valence-electron chi connectivity index (χ4n) is 3.19. The Morgan fingerprint density at radius 1 is 1.00 bits per heavy atom. The van der Waals surface area contributed by atoms with Gasteiger partial charge in [-0.25, -0.2) is 0 Å². The quantitative estimate of drug-likeness (QED) is 0.165. The molecule has 1 aliphatic rings. The summed E-state index contributed by atoms with van der Waals surface area (Å²) in [6.45, 7) is 3.05. The minimum atomic E-state index is -2.25. The number of methoxy groups -OCH3 is 1. The number of alkyl halides is 3. The van der Waals surface area contributed by atoms with E-state index in [1.54, 1.807) is 24.3 Å². The van der Waals surface area contributed by atoms with Crippen molar-refractivity contribution >= 4 is 64.8 Å². The zero-order chi connectivity index (χ0) is 27.0. The van der Waals surface area contributed by atoms with Crippen molar-refractivity contribution in [1.82, 2.24) is 0 Å². The zero-order valence-electron chi connectivity index (χ0n) is 19.7. The molecule has 198 valence electrons. The Kier molecular flexibility index (Phi) is 10.8. The number of rotatable bonds is 8. The lowest BCUT2D eigenvalue weighted by molar-refractivity contribution is -0.256. The van der Waals surface area contributed by atoms with Gasteiger partial charge in [0.05, 0.1) is 7.11 Å². The molecule has 0 aliphatic carbocycles. The summed E-state index contributed by atoms with van der Waals surface area (Å²) in [5.74, 6) is -2.28. The van der Waals surface area contributed by atoms with Crippen molar-refractivity contribution < 1.29 is 42.8 Å². The summed E-state index contributed by atoms with van der Waals surface area (Å²) in [5, 5.41) is 7.97. The van der Waals surface area contributed by atoms with Crippen LogP contribution in [0, 0.1) is 5.41 Å². The van der Waals surface area contributed by atoms with Gasteiger partial charge in [0.1, 0.15) is 18.5 Å². The average Bonchev–Trinajstić information content (AvgIpc) is 2.78. The van der Waals surface area contributed by atoms with Gasteiger partial charge in [0.25, 0.3) is 3.79 Å². The molecule has 2 rings (SSSR count). The topological polar surface area (TPSA) is 143 Å². The molecule has 0 aromatic heterocycles. The number of nitrogens with zero attached hydrogens (tertiary/aromatic N) is 1. The van der Waals surface area contributed by atoms with Crippen molar-refractivity contribution in [3.05, 3.63) is 29.8 Å². The lowest BCUT2D eigenvalue weighted by atomic mass is 9.96. The largest absolute Gasteiger partial charge is 0.497 e. The van der Waals surface area contributed by atoms with Crippen LogP contribution < -0.4 is 4.74 Å². The van der Waals surface area contributed by atoms with E-state index in [4.69, 9.17) is 68.6 Å². The maximum atomic E-state index is 12.0. The Hall–Kier alpha value is -2.60. The molecule has 0 spiro atoms. The molecule has 0 bridgehead atoms. The van der Waals surface area contributed by atoms with E-state index >= 15 is 0 Å². The SMILES string of the molecule is COc1ccc(C=N[C@H]2[C@@H](OC(=N)C(Cl)(Cl)Cl)O[C@H](COC(C)=O)[C@@H](OC(C)=O)[C@@H]2OC(C)=O)cc1. The Bertz CT molecular complexity index is 982. The van der Waals surface area contributed by atoms with Crippen LogP contribution in [-0.2, 0) is 38.1 Å². The van der Waals surface area contributed by atoms with E-state index in [2.05, 4.69) is 4.99 Å². The van der Waals surface area contributed by atoms with Gasteiger partial charge in [-0.15, -0.1) is 0 Å². The number of carbonyl (C=O) groups is 3. The minimum absolute atomic E-state index is 0.402. The number of nitrogens with one attached hydrogen (secondary N) is 1. The molecule has 5 atom stereocenters. The second kappa shape index (κ2) is 13.1. The first-order valence-electron chi connectivity index (χ1n) is 10.4. The molecular formula is C22H25Cl3N2O9. The second-order valence-electron chi connectivity index (χ2n) is 7.48. The standard InChI is InChI=1S/C22H25Cl3N2O9/c1-11(28)32-10-16-18(33-12(2)29)19(34-13(3)30)17(20(35-16)36-21(26)22(23,24)25)27-9-14-5-7-15(31-4)8-6-14/h5-9,16-20,26H,10H2,1-4H3/t16-,17-,18-,19-,20-/m1/s1. The van der Waals surface area contributed by atoms with Crippen LogP contribution in [0.25, 0.3) is 0 Å². The van der Waals surface area contributed by atoms with Crippen molar-refractivity contribution in [2.75, 3.05) is 13.7 Å². The van der Waals surface area contributed by atoms with Crippen molar-refractivity contribution in [1.29, 1.82) is 5.41 Å². The molecule has 1 N–H and O–H groups in total. The van der Waals surface area contributed by atoms with Gasteiger partial charge >= 0.3 is 17.9 Å². The smallest absolute Gasteiger partial charge is 0.303 e. The van der Waals surface area contributed by atoms with Gasteiger partial charge in [-0.2, -0.15) is 0 Å². The van der Waals surface area contributed by atoms with E-state index in [1.807, 2.05) is 0 Å². The van der Waals surface area contributed by atoms with Crippen molar-refractivity contribution in [2.24, 2.45) is 4.99 Å². The molecule has 1 aromatic rings. The summed E-state index contributed by atoms with van der Waals surface area (Å²) in [6.07, 6.45) is -3.77. The van der Waals surface area contributed by atoms with Crippen LogP contribution in [0.3, 0.4) is 0 Å². The van der Waals surface area contributed by atoms with Crippen LogP contribution in [0.2, 0.25) is 0 Å². The maximum absolute atomic E-state index is 12.0. The van der Waals surface area contributed by atoms with E-state index in [0.29, 0.717) is 11.3 Å². The molecule has 0 saturated carbocycles. The van der Waals surface area contributed by atoms with Crippen LogP contribution in [-0.4, -0.2) is 78.2 Å². The van der Waals surface area contributed by atoms with E-state index in [0.717, 1.165) is 13.8 Å². The Labute approximate surface area is 222 Å². The highest BCUT2D eigenvalue weighted by Gasteiger charge is 2.52. The van der Waals surface area contributed by atoms with E-state index in [-0.39, 0.29) is 0 Å². The molecule has 0 unspecified atom stereocenters. The molecule has 36 heavy (non-hydrogen) atoms. The predicted octanol–water partition coefficient (Wildman–Crippen LogP) is 3.00. The first kappa shape index (κ1) is 29.6. The molecule has 14 heteroatoms. The number of halogens is 3. The number of ether oxygens (including phenoxy) is 6. The van der Waals surface area contributed by atoms with Crippen molar-refractivity contribution in [3.8, 4) is 5.75 Å². The fraction of sp³-hybridized carbons (Fsp3) is 0.500. The molecule has 1 saturated heterocycles. The van der Waals surface area contributed by atoms with Gasteiger partial charge in [0, 0.05) is 27.0 Å². The highest BCUT2D eigenvalue weighted by atomic mass is 35.6. The lowest BCUT2D eigenvalue weighted by Crippen LogP contribution is -2.61. The van der Waals surface area contributed by atoms with Gasteiger partial charge in [-0.1, -0.05) is 34.8 Å². The number of hydrogen-bond donors (Lipinski definition) is 1. The monoisotopic (exact) mass is 566 g/mol. The van der Waals surface area contributed by atoms with Crippen molar-refractivity contribution in [2.45, 2.75) is 55.2 Å². The first-order chi connectivity index (χ1) is 16.8. The number of carbonyl (C=O) groups excluding carboxylic acids is 3. The van der Waals surface area contributed by atoms with Crippen LogP contribution >= 0.6 is 34.8 Å². The van der Waals surface area contributed by atoms with E-state index < -0.39 is 64.8 Å². The molecule has 0 amide bonds. The molecule has 1 heterocycles.